The van der Waals surface area contributed by atoms with Crippen LogP contribution in [0.3, 0.4) is 0 Å². The molecule has 0 amide bonds. The van der Waals surface area contributed by atoms with E-state index < -0.39 is 0 Å². The van der Waals surface area contributed by atoms with Gasteiger partial charge < -0.3 is 15.5 Å². The summed E-state index contributed by atoms with van der Waals surface area (Å²) in [5.74, 6) is 1.55. The molecule has 0 bridgehead atoms. The van der Waals surface area contributed by atoms with Crippen molar-refractivity contribution in [2.75, 3.05) is 5.73 Å². The van der Waals surface area contributed by atoms with Crippen LogP contribution in [0.2, 0.25) is 5.02 Å². The second kappa shape index (κ2) is 7.57. The van der Waals surface area contributed by atoms with Crippen molar-refractivity contribution in [2.24, 2.45) is 0 Å². The van der Waals surface area contributed by atoms with E-state index in [0.717, 1.165) is 44.6 Å². The molecule has 1 unspecified atom stereocenters. The summed E-state index contributed by atoms with van der Waals surface area (Å²) in [5, 5.41) is 9.10. The molecule has 3 aromatic carbocycles. The summed E-state index contributed by atoms with van der Waals surface area (Å²) < 4.78 is 6.17. The van der Waals surface area contributed by atoms with E-state index in [-0.39, 0.29) is 5.92 Å². The van der Waals surface area contributed by atoms with E-state index in [9.17, 15) is 0 Å². The molecule has 1 atom stereocenters. The zero-order chi connectivity index (χ0) is 22.5. The number of aromatic amines is 2. The highest BCUT2D eigenvalue weighted by atomic mass is 35.5. The number of anilines is 1. The molecule has 2 aromatic heterocycles. The van der Waals surface area contributed by atoms with E-state index in [1.807, 2.05) is 42.5 Å². The number of allylic oxidation sites excluding steroid dienone is 1. The topological polar surface area (TPSA) is 79.7 Å². The van der Waals surface area contributed by atoms with Gasteiger partial charge in [-0.3, -0.25) is 5.10 Å². The Morgan fingerprint density at radius 1 is 0.939 bits per heavy atom. The molecule has 0 fully saturated rings. The number of hydrogen-bond acceptors (Lipinski definition) is 3. The van der Waals surface area contributed by atoms with Gasteiger partial charge in [0.1, 0.15) is 11.6 Å². The van der Waals surface area contributed by atoms with Gasteiger partial charge in [0.15, 0.2) is 0 Å². The summed E-state index contributed by atoms with van der Waals surface area (Å²) in [6.45, 7) is 2.11. The van der Waals surface area contributed by atoms with Gasteiger partial charge in [0.25, 0.3) is 0 Å². The van der Waals surface area contributed by atoms with Crippen molar-refractivity contribution in [1.82, 2.24) is 15.2 Å². The van der Waals surface area contributed by atoms with Gasteiger partial charge in [-0.05, 0) is 60.5 Å². The molecule has 6 heteroatoms. The molecule has 0 saturated heterocycles. The lowest BCUT2D eigenvalue weighted by Crippen LogP contribution is -2.11. The summed E-state index contributed by atoms with van der Waals surface area (Å²) >= 11 is 6.12. The minimum absolute atomic E-state index is 0.163. The second-order valence-corrected chi connectivity index (χ2v) is 8.74. The second-order valence-electron chi connectivity index (χ2n) is 8.30. The van der Waals surface area contributed by atoms with Crippen LogP contribution >= 0.6 is 11.6 Å². The molecule has 5 aromatic rings. The minimum atomic E-state index is -0.163. The largest absolute Gasteiger partial charge is 0.437 e. The van der Waals surface area contributed by atoms with Crippen molar-refractivity contribution in [1.29, 1.82) is 0 Å². The van der Waals surface area contributed by atoms with Crippen LogP contribution in [0.15, 0.2) is 78.9 Å². The first-order chi connectivity index (χ1) is 16.1. The lowest BCUT2D eigenvalue weighted by Gasteiger charge is -2.23. The van der Waals surface area contributed by atoms with E-state index >= 15 is 0 Å². The maximum Gasteiger partial charge on any atom is 0.244 e. The smallest absolute Gasteiger partial charge is 0.244 e. The van der Waals surface area contributed by atoms with Gasteiger partial charge in [-0.2, -0.15) is 0 Å². The fourth-order valence-corrected chi connectivity index (χ4v) is 4.70. The standard InChI is InChI=1S/C27H21ClN4O/c1-15-7-12-21-19(13-15)23(25(30-21)17-5-3-2-4-6-17)20-14-22(16-8-10-18(28)11-9-16)33-27-24(20)26(29)31-32-27/h2-14,20,30H,1H3,(H3,29,31,32). The van der Waals surface area contributed by atoms with Crippen LogP contribution in [0.4, 0.5) is 5.82 Å². The fraction of sp³-hybridized carbons (Fsp3) is 0.0741. The van der Waals surface area contributed by atoms with Crippen molar-refractivity contribution < 1.29 is 4.74 Å². The zero-order valence-corrected chi connectivity index (χ0v) is 18.6. The Balaban J connectivity index is 1.64. The number of halogens is 1. The van der Waals surface area contributed by atoms with E-state index in [1.54, 1.807) is 0 Å². The predicted molar refractivity (Wildman–Crippen MR) is 133 cm³/mol. The number of nitrogens with two attached hydrogens (primary N) is 1. The third-order valence-corrected chi connectivity index (χ3v) is 6.38. The molecule has 33 heavy (non-hydrogen) atoms. The third-order valence-electron chi connectivity index (χ3n) is 6.13. The first-order valence-electron chi connectivity index (χ1n) is 10.8. The van der Waals surface area contributed by atoms with Crippen LogP contribution in [0.1, 0.15) is 28.2 Å². The highest BCUT2D eigenvalue weighted by Crippen LogP contribution is 2.47. The van der Waals surface area contributed by atoms with E-state index in [2.05, 4.69) is 58.5 Å². The SMILES string of the molecule is Cc1ccc2[nH]c(-c3ccccc3)c(C3C=C(c4ccc(Cl)cc4)Oc4n[nH]c(N)c43)c2c1. The first-order valence-corrected chi connectivity index (χ1v) is 11.1. The summed E-state index contributed by atoms with van der Waals surface area (Å²) in [4.78, 5) is 3.65. The number of fused-ring (bicyclic) bond motifs is 2. The van der Waals surface area contributed by atoms with Gasteiger partial charge in [-0.1, -0.05) is 53.6 Å². The summed E-state index contributed by atoms with van der Waals surface area (Å²) in [6.07, 6.45) is 2.12. The monoisotopic (exact) mass is 452 g/mol. The van der Waals surface area contributed by atoms with Crippen LogP contribution < -0.4 is 10.5 Å². The molecule has 0 radical (unpaired) electrons. The van der Waals surface area contributed by atoms with Crippen molar-refractivity contribution in [2.45, 2.75) is 12.8 Å². The van der Waals surface area contributed by atoms with Gasteiger partial charge in [0.05, 0.1) is 11.3 Å². The number of ether oxygens (including phenoxy) is 1. The highest BCUT2D eigenvalue weighted by Gasteiger charge is 2.33. The van der Waals surface area contributed by atoms with Crippen LogP contribution in [0.5, 0.6) is 5.88 Å². The van der Waals surface area contributed by atoms with Gasteiger partial charge in [0.2, 0.25) is 5.88 Å². The summed E-state index contributed by atoms with van der Waals surface area (Å²) in [6, 6.07) is 24.4. The average molecular weight is 453 g/mol. The Labute approximate surface area is 195 Å². The molecule has 1 aliphatic rings. The molecule has 0 aliphatic carbocycles. The van der Waals surface area contributed by atoms with Crippen LogP contribution in [-0.4, -0.2) is 15.2 Å². The van der Waals surface area contributed by atoms with Crippen LogP contribution in [0, 0.1) is 6.92 Å². The van der Waals surface area contributed by atoms with Crippen molar-refractivity contribution in [3.05, 3.63) is 106 Å². The predicted octanol–water partition coefficient (Wildman–Crippen LogP) is 6.67. The number of nitrogen functional groups attached to an aromatic ring is 1. The van der Waals surface area contributed by atoms with Gasteiger partial charge in [0, 0.05) is 27.4 Å². The highest BCUT2D eigenvalue weighted by molar-refractivity contribution is 6.30. The fourth-order valence-electron chi connectivity index (χ4n) is 4.58. The lowest BCUT2D eigenvalue weighted by molar-refractivity contribution is 0.473. The quantitative estimate of drug-likeness (QED) is 0.286. The Kier molecular flexibility index (Phi) is 4.52. The van der Waals surface area contributed by atoms with Crippen LogP contribution in [-0.2, 0) is 0 Å². The average Bonchev–Trinajstić information content (AvgIpc) is 3.40. The van der Waals surface area contributed by atoms with Crippen molar-refractivity contribution in [3.8, 4) is 17.1 Å². The molecular weight excluding hydrogens is 432 g/mol. The molecule has 3 heterocycles. The molecule has 162 valence electrons. The molecule has 0 saturated carbocycles. The number of hydrogen-bond donors (Lipinski definition) is 3. The summed E-state index contributed by atoms with van der Waals surface area (Å²) in [5.41, 5.74) is 13.7. The third kappa shape index (κ3) is 3.29. The molecule has 0 spiro atoms. The maximum absolute atomic E-state index is 6.37. The summed E-state index contributed by atoms with van der Waals surface area (Å²) in [7, 11) is 0. The number of nitrogens with one attached hydrogen (secondary N) is 2. The normalized spacial score (nSPS) is 15.2. The van der Waals surface area contributed by atoms with E-state index in [4.69, 9.17) is 22.1 Å². The van der Waals surface area contributed by atoms with E-state index in [1.165, 1.54) is 5.56 Å². The Bertz CT molecular complexity index is 1510. The molecule has 4 N–H and O–H groups in total. The molecular formula is C27H21ClN4O. The molecule has 6 rings (SSSR count). The number of aromatic nitrogens is 3. The van der Waals surface area contributed by atoms with Gasteiger partial charge in [-0.15, -0.1) is 5.10 Å². The molecule has 5 nitrogen and oxygen atoms in total. The zero-order valence-electron chi connectivity index (χ0n) is 17.9. The van der Waals surface area contributed by atoms with Crippen LogP contribution in [0.25, 0.3) is 27.9 Å². The Hall–Kier alpha value is -3.96. The van der Waals surface area contributed by atoms with E-state index in [0.29, 0.717) is 16.7 Å². The Morgan fingerprint density at radius 2 is 1.73 bits per heavy atom. The minimum Gasteiger partial charge on any atom is -0.437 e. The molecule has 1 aliphatic heterocycles. The van der Waals surface area contributed by atoms with Crippen molar-refractivity contribution in [3.63, 3.8) is 0 Å². The van der Waals surface area contributed by atoms with Gasteiger partial charge >= 0.3 is 0 Å². The maximum atomic E-state index is 6.37. The number of nitrogens with zero attached hydrogens (tertiary/aromatic N) is 1. The van der Waals surface area contributed by atoms with Gasteiger partial charge in [-0.25, -0.2) is 0 Å². The number of benzene rings is 3. The number of H-pyrrole nitrogens is 2. The number of rotatable bonds is 3. The lowest BCUT2D eigenvalue weighted by atomic mass is 9.86. The first kappa shape index (κ1) is 19.7. The number of aryl methyl sites for hydroxylation is 1. The van der Waals surface area contributed by atoms with Crippen molar-refractivity contribution >= 4 is 34.1 Å². The Morgan fingerprint density at radius 3 is 2.52 bits per heavy atom.